The van der Waals surface area contributed by atoms with Crippen molar-refractivity contribution in [2.45, 2.75) is 30.4 Å². The fraction of sp³-hybridized carbons (Fsp3) is 0.381. The first-order chi connectivity index (χ1) is 15.4. The number of likely N-dealkylation sites (tertiary alicyclic amines) is 1. The van der Waals surface area contributed by atoms with Gasteiger partial charge in [-0.05, 0) is 56.5 Å². The molecule has 1 aromatic carbocycles. The zero-order valence-corrected chi connectivity index (χ0v) is 19.5. The Morgan fingerprint density at radius 2 is 1.91 bits per heavy atom. The van der Waals surface area contributed by atoms with Crippen LogP contribution in [0, 0.1) is 0 Å². The summed E-state index contributed by atoms with van der Waals surface area (Å²) in [6, 6.07) is 8.32. The highest BCUT2D eigenvalue weighted by Crippen LogP contribution is 2.32. The standard InChI is InChI=1S/C21H24N4O5S2/c1-3-25(16-7-9-17(29-2)10-8-16)32(27,28)18-13-15(14-31-18)19-22-23-20(30-19)21(26)24-11-5-4-6-12-24/h7-10,13-14H,3-6,11-12H2,1-2H3. The van der Waals surface area contributed by atoms with Crippen molar-refractivity contribution >= 4 is 33.0 Å². The second-order valence-electron chi connectivity index (χ2n) is 7.29. The van der Waals surface area contributed by atoms with Gasteiger partial charge in [-0.1, -0.05) is 0 Å². The lowest BCUT2D eigenvalue weighted by molar-refractivity contribution is 0.0684. The molecule has 9 nitrogen and oxygen atoms in total. The lowest BCUT2D eigenvalue weighted by Gasteiger charge is -2.24. The minimum atomic E-state index is -3.79. The molecule has 0 radical (unpaired) electrons. The molecule has 170 valence electrons. The molecular formula is C21H24N4O5S2. The van der Waals surface area contributed by atoms with Crippen molar-refractivity contribution < 1.29 is 22.4 Å². The van der Waals surface area contributed by atoms with E-state index in [1.54, 1.807) is 48.6 Å². The van der Waals surface area contributed by atoms with Gasteiger partial charge in [0, 0.05) is 25.0 Å². The molecule has 4 rings (SSSR count). The van der Waals surface area contributed by atoms with E-state index in [-0.39, 0.29) is 28.4 Å². The van der Waals surface area contributed by atoms with Crippen LogP contribution in [0.3, 0.4) is 0 Å². The Morgan fingerprint density at radius 3 is 2.56 bits per heavy atom. The summed E-state index contributed by atoms with van der Waals surface area (Å²) in [7, 11) is -2.24. The number of piperidine rings is 1. The highest BCUT2D eigenvalue weighted by atomic mass is 32.2. The van der Waals surface area contributed by atoms with Crippen LogP contribution < -0.4 is 9.04 Å². The Hall–Kier alpha value is -2.92. The predicted octanol–water partition coefficient (Wildman–Crippen LogP) is 3.65. The second-order valence-corrected chi connectivity index (χ2v) is 10.3. The van der Waals surface area contributed by atoms with Gasteiger partial charge < -0.3 is 14.1 Å². The topological polar surface area (TPSA) is 106 Å². The molecule has 0 saturated carbocycles. The molecule has 0 aliphatic carbocycles. The highest BCUT2D eigenvalue weighted by molar-refractivity contribution is 7.94. The monoisotopic (exact) mass is 476 g/mol. The molecule has 1 amide bonds. The molecule has 0 N–H and O–H groups in total. The number of anilines is 1. The van der Waals surface area contributed by atoms with Crippen LogP contribution in [0.5, 0.6) is 5.75 Å². The van der Waals surface area contributed by atoms with Gasteiger partial charge in [-0.15, -0.1) is 21.5 Å². The van der Waals surface area contributed by atoms with Crippen LogP contribution in [0.1, 0.15) is 36.9 Å². The number of ether oxygens (including phenoxy) is 1. The Balaban J connectivity index is 1.56. The van der Waals surface area contributed by atoms with Crippen molar-refractivity contribution in [1.82, 2.24) is 15.1 Å². The van der Waals surface area contributed by atoms with Gasteiger partial charge in [0.05, 0.1) is 18.4 Å². The number of aromatic nitrogens is 2. The van der Waals surface area contributed by atoms with Crippen LogP contribution in [0.15, 0.2) is 44.3 Å². The fourth-order valence-corrected chi connectivity index (χ4v) is 6.31. The Morgan fingerprint density at radius 1 is 1.19 bits per heavy atom. The largest absolute Gasteiger partial charge is 0.497 e. The summed E-state index contributed by atoms with van der Waals surface area (Å²) < 4.78 is 38.7. The van der Waals surface area contributed by atoms with E-state index in [0.29, 0.717) is 30.1 Å². The van der Waals surface area contributed by atoms with Gasteiger partial charge in [0.15, 0.2) is 0 Å². The van der Waals surface area contributed by atoms with Gasteiger partial charge in [-0.3, -0.25) is 9.10 Å². The number of nitrogens with zero attached hydrogens (tertiary/aromatic N) is 4. The number of carbonyl (C=O) groups is 1. The third-order valence-corrected chi connectivity index (χ3v) is 8.58. The number of hydrogen-bond donors (Lipinski definition) is 0. The third-order valence-electron chi connectivity index (χ3n) is 5.27. The molecule has 0 spiro atoms. The maximum atomic E-state index is 13.3. The molecule has 1 saturated heterocycles. The molecule has 1 aliphatic rings. The summed E-state index contributed by atoms with van der Waals surface area (Å²) in [5, 5.41) is 9.48. The van der Waals surface area contributed by atoms with Crippen molar-refractivity contribution in [3.05, 3.63) is 41.6 Å². The first-order valence-corrected chi connectivity index (χ1v) is 12.6. The molecule has 32 heavy (non-hydrogen) atoms. The minimum Gasteiger partial charge on any atom is -0.497 e. The average molecular weight is 477 g/mol. The summed E-state index contributed by atoms with van der Waals surface area (Å²) in [5.74, 6) is 0.400. The van der Waals surface area contributed by atoms with Gasteiger partial charge in [-0.2, -0.15) is 0 Å². The first kappa shape index (κ1) is 22.3. The van der Waals surface area contributed by atoms with Gasteiger partial charge in [0.1, 0.15) is 9.96 Å². The fourth-order valence-electron chi connectivity index (χ4n) is 3.57. The molecule has 2 aromatic heterocycles. The zero-order chi connectivity index (χ0) is 22.7. The summed E-state index contributed by atoms with van der Waals surface area (Å²) in [6.07, 6.45) is 3.03. The van der Waals surface area contributed by atoms with Crippen molar-refractivity contribution in [2.24, 2.45) is 0 Å². The number of carbonyl (C=O) groups excluding carboxylic acids is 1. The lowest BCUT2D eigenvalue weighted by Crippen LogP contribution is -2.35. The molecule has 1 fully saturated rings. The van der Waals surface area contributed by atoms with E-state index in [4.69, 9.17) is 9.15 Å². The highest BCUT2D eigenvalue weighted by Gasteiger charge is 2.28. The zero-order valence-electron chi connectivity index (χ0n) is 17.9. The van der Waals surface area contributed by atoms with Crippen LogP contribution in [-0.2, 0) is 10.0 Å². The molecule has 0 bridgehead atoms. The number of hydrogen-bond acceptors (Lipinski definition) is 8. The van der Waals surface area contributed by atoms with E-state index in [9.17, 15) is 13.2 Å². The predicted molar refractivity (Wildman–Crippen MR) is 121 cm³/mol. The molecular weight excluding hydrogens is 452 g/mol. The lowest BCUT2D eigenvalue weighted by atomic mass is 10.1. The maximum Gasteiger partial charge on any atom is 0.311 e. The smallest absolute Gasteiger partial charge is 0.311 e. The van der Waals surface area contributed by atoms with E-state index < -0.39 is 10.0 Å². The van der Waals surface area contributed by atoms with Crippen molar-refractivity contribution in [2.75, 3.05) is 31.0 Å². The van der Waals surface area contributed by atoms with Gasteiger partial charge in [0.2, 0.25) is 5.89 Å². The normalized spacial score (nSPS) is 14.4. The van der Waals surface area contributed by atoms with E-state index in [0.717, 1.165) is 30.6 Å². The summed E-state index contributed by atoms with van der Waals surface area (Å²) in [4.78, 5) is 14.3. The Kier molecular flexibility index (Phi) is 6.47. The van der Waals surface area contributed by atoms with Crippen LogP contribution in [0.2, 0.25) is 0 Å². The van der Waals surface area contributed by atoms with E-state index in [2.05, 4.69) is 10.2 Å². The number of benzene rings is 1. The average Bonchev–Trinajstić information content (AvgIpc) is 3.50. The van der Waals surface area contributed by atoms with Crippen LogP contribution in [0.4, 0.5) is 5.69 Å². The van der Waals surface area contributed by atoms with E-state index in [1.165, 1.54) is 10.4 Å². The second kappa shape index (κ2) is 9.29. The maximum absolute atomic E-state index is 13.3. The van der Waals surface area contributed by atoms with Gasteiger partial charge in [0.25, 0.3) is 10.0 Å². The molecule has 3 heterocycles. The van der Waals surface area contributed by atoms with Crippen molar-refractivity contribution in [3.63, 3.8) is 0 Å². The van der Waals surface area contributed by atoms with Crippen LogP contribution in [-0.4, -0.2) is 56.2 Å². The summed E-state index contributed by atoms with van der Waals surface area (Å²) in [6.45, 7) is 3.38. The first-order valence-electron chi connectivity index (χ1n) is 10.3. The molecule has 11 heteroatoms. The molecule has 1 aliphatic heterocycles. The number of rotatable bonds is 7. The summed E-state index contributed by atoms with van der Waals surface area (Å²) in [5.41, 5.74) is 1.00. The Bertz CT molecular complexity index is 1180. The van der Waals surface area contributed by atoms with Gasteiger partial charge >= 0.3 is 11.8 Å². The minimum absolute atomic E-state index is 0.0778. The molecule has 0 unspecified atom stereocenters. The molecule has 3 aromatic rings. The van der Waals surface area contributed by atoms with E-state index >= 15 is 0 Å². The Labute approximate surface area is 190 Å². The number of thiophene rings is 1. The quantitative estimate of drug-likeness (QED) is 0.512. The van der Waals surface area contributed by atoms with Crippen molar-refractivity contribution in [3.8, 4) is 17.2 Å². The molecule has 0 atom stereocenters. The third kappa shape index (κ3) is 4.35. The van der Waals surface area contributed by atoms with Crippen LogP contribution in [0.25, 0.3) is 11.5 Å². The van der Waals surface area contributed by atoms with Crippen molar-refractivity contribution in [1.29, 1.82) is 0 Å². The summed E-state index contributed by atoms with van der Waals surface area (Å²) >= 11 is 1.07. The van der Waals surface area contributed by atoms with Crippen LogP contribution >= 0.6 is 11.3 Å². The van der Waals surface area contributed by atoms with Gasteiger partial charge in [-0.25, -0.2) is 8.42 Å². The number of sulfonamides is 1. The van der Waals surface area contributed by atoms with E-state index in [1.807, 2.05) is 0 Å². The number of methoxy groups -OCH3 is 1. The SMILES string of the molecule is CCN(c1ccc(OC)cc1)S(=O)(=O)c1cc(-c2nnc(C(=O)N3CCCCC3)o2)cs1. The number of amides is 1.